The topological polar surface area (TPSA) is 43.1 Å². The number of nitrogens with zero attached hydrogens (tertiary/aromatic N) is 1. The normalized spacial score (nSPS) is 11.7. The molecule has 8 heteroatoms. The van der Waals surface area contributed by atoms with Crippen molar-refractivity contribution in [3.05, 3.63) is 40.6 Å². The molecule has 2 rings (SSSR count). The molecule has 0 fully saturated rings. The fourth-order valence-corrected chi connectivity index (χ4v) is 2.02. The van der Waals surface area contributed by atoms with Crippen molar-refractivity contribution in [2.24, 2.45) is 0 Å². The molecule has 3 nitrogen and oxygen atoms in total. The molecule has 0 unspecified atom stereocenters. The van der Waals surface area contributed by atoms with Gasteiger partial charge in [-0.25, -0.2) is 0 Å². The standard InChI is InChI=1S/C12H6BrClF3NO2/c13-5-8(19)9-10(6-1-3-7(14)4-2-6)18-20-11(9)12(15,16)17/h1-4H,5H2. The van der Waals surface area contributed by atoms with E-state index in [1.807, 2.05) is 0 Å². The molecule has 2 aromatic rings. The Morgan fingerprint density at radius 3 is 2.40 bits per heavy atom. The predicted molar refractivity (Wildman–Crippen MR) is 70.1 cm³/mol. The van der Waals surface area contributed by atoms with E-state index in [1.165, 1.54) is 24.3 Å². The maximum absolute atomic E-state index is 12.8. The van der Waals surface area contributed by atoms with Crippen molar-refractivity contribution < 1.29 is 22.5 Å². The van der Waals surface area contributed by atoms with Crippen LogP contribution in [0.15, 0.2) is 28.8 Å². The Morgan fingerprint density at radius 1 is 1.30 bits per heavy atom. The largest absolute Gasteiger partial charge is 0.453 e. The summed E-state index contributed by atoms with van der Waals surface area (Å²) in [6, 6.07) is 5.90. The summed E-state index contributed by atoms with van der Waals surface area (Å²) in [6.45, 7) is 0. The highest BCUT2D eigenvalue weighted by molar-refractivity contribution is 9.09. The lowest BCUT2D eigenvalue weighted by Crippen LogP contribution is -2.12. The van der Waals surface area contributed by atoms with Gasteiger partial charge in [0.1, 0.15) is 5.69 Å². The molecule has 0 spiro atoms. The van der Waals surface area contributed by atoms with Crippen LogP contribution < -0.4 is 0 Å². The summed E-state index contributed by atoms with van der Waals surface area (Å²) >= 11 is 8.56. The molecule has 1 aromatic heterocycles. The summed E-state index contributed by atoms with van der Waals surface area (Å²) in [4.78, 5) is 11.7. The van der Waals surface area contributed by atoms with Gasteiger partial charge in [-0.1, -0.05) is 44.8 Å². The molecule has 0 saturated carbocycles. The van der Waals surface area contributed by atoms with Crippen molar-refractivity contribution in [2.75, 3.05) is 5.33 Å². The summed E-state index contributed by atoms with van der Waals surface area (Å²) in [5, 5.41) is 3.52. The van der Waals surface area contributed by atoms with Gasteiger partial charge in [-0.3, -0.25) is 4.79 Å². The number of carbonyl (C=O) groups is 1. The first-order valence-electron chi connectivity index (χ1n) is 5.26. The van der Waals surface area contributed by atoms with Crippen LogP contribution in [-0.2, 0) is 6.18 Å². The molecule has 1 aromatic carbocycles. The Kier molecular flexibility index (Phi) is 4.19. The Morgan fingerprint density at radius 2 is 1.90 bits per heavy atom. The molecule has 0 amide bonds. The molecular formula is C12H6BrClF3NO2. The molecular weight excluding hydrogens is 362 g/mol. The average molecular weight is 369 g/mol. The quantitative estimate of drug-likeness (QED) is 0.588. The maximum Gasteiger partial charge on any atom is 0.453 e. The van der Waals surface area contributed by atoms with E-state index in [1.54, 1.807) is 0 Å². The number of carbonyl (C=O) groups excluding carboxylic acids is 1. The van der Waals surface area contributed by atoms with Crippen molar-refractivity contribution in [1.29, 1.82) is 0 Å². The zero-order chi connectivity index (χ0) is 14.9. The van der Waals surface area contributed by atoms with Crippen LogP contribution in [0.5, 0.6) is 0 Å². The van der Waals surface area contributed by atoms with E-state index in [2.05, 4.69) is 25.6 Å². The van der Waals surface area contributed by atoms with Crippen LogP contribution in [0.3, 0.4) is 0 Å². The second-order valence-corrected chi connectivity index (χ2v) is 4.79. The second-order valence-electron chi connectivity index (χ2n) is 3.80. The minimum Gasteiger partial charge on any atom is -0.350 e. The van der Waals surface area contributed by atoms with E-state index < -0.39 is 23.3 Å². The van der Waals surface area contributed by atoms with Gasteiger partial charge in [0.2, 0.25) is 0 Å². The van der Waals surface area contributed by atoms with E-state index in [0.29, 0.717) is 10.6 Å². The Bertz CT molecular complexity index is 637. The number of Topliss-reactive ketones (excluding diaryl/α,β-unsaturated/α-hetero) is 1. The molecule has 0 saturated heterocycles. The molecule has 106 valence electrons. The van der Waals surface area contributed by atoms with Crippen LogP contribution in [-0.4, -0.2) is 16.3 Å². The van der Waals surface area contributed by atoms with Gasteiger partial charge in [0.05, 0.1) is 10.9 Å². The number of ketones is 1. The van der Waals surface area contributed by atoms with E-state index >= 15 is 0 Å². The number of halogens is 5. The van der Waals surface area contributed by atoms with E-state index in [9.17, 15) is 18.0 Å². The number of aromatic nitrogens is 1. The van der Waals surface area contributed by atoms with Gasteiger partial charge in [0.15, 0.2) is 5.78 Å². The predicted octanol–water partition coefficient (Wildman–Crippen LogP) is 4.59. The highest BCUT2D eigenvalue weighted by atomic mass is 79.9. The Hall–Kier alpha value is -1.34. The molecule has 20 heavy (non-hydrogen) atoms. The van der Waals surface area contributed by atoms with Gasteiger partial charge in [0.25, 0.3) is 5.76 Å². The van der Waals surface area contributed by atoms with E-state index in [0.717, 1.165) is 0 Å². The van der Waals surface area contributed by atoms with Crippen LogP contribution in [0, 0.1) is 0 Å². The number of benzene rings is 1. The third-order valence-corrected chi connectivity index (χ3v) is 3.23. The monoisotopic (exact) mass is 367 g/mol. The number of hydrogen-bond acceptors (Lipinski definition) is 3. The minimum atomic E-state index is -4.79. The van der Waals surface area contributed by atoms with Crippen LogP contribution >= 0.6 is 27.5 Å². The van der Waals surface area contributed by atoms with Crippen molar-refractivity contribution in [3.8, 4) is 11.3 Å². The molecule has 0 N–H and O–H groups in total. The third-order valence-electron chi connectivity index (χ3n) is 2.47. The fourth-order valence-electron chi connectivity index (χ4n) is 1.61. The molecule has 0 atom stereocenters. The van der Waals surface area contributed by atoms with E-state index in [4.69, 9.17) is 11.6 Å². The first-order valence-corrected chi connectivity index (χ1v) is 6.76. The van der Waals surface area contributed by atoms with Gasteiger partial charge in [-0.2, -0.15) is 13.2 Å². The van der Waals surface area contributed by atoms with E-state index in [-0.39, 0.29) is 11.0 Å². The Labute approximate surface area is 124 Å². The SMILES string of the molecule is O=C(CBr)c1c(-c2ccc(Cl)cc2)noc1C(F)(F)F. The summed E-state index contributed by atoms with van der Waals surface area (Å²) in [5.41, 5.74) is -0.423. The molecule has 0 aliphatic carbocycles. The van der Waals surface area contributed by atoms with Gasteiger partial charge >= 0.3 is 6.18 Å². The smallest absolute Gasteiger partial charge is 0.350 e. The van der Waals surface area contributed by atoms with Gasteiger partial charge < -0.3 is 4.52 Å². The summed E-state index contributed by atoms with van der Waals surface area (Å²) < 4.78 is 42.8. The minimum absolute atomic E-state index is 0.154. The van der Waals surface area contributed by atoms with Crippen LogP contribution in [0.1, 0.15) is 16.1 Å². The lowest BCUT2D eigenvalue weighted by Gasteiger charge is -2.04. The molecule has 0 bridgehead atoms. The summed E-state index contributed by atoms with van der Waals surface area (Å²) in [6.07, 6.45) is -4.79. The zero-order valence-electron chi connectivity index (χ0n) is 9.67. The Balaban J connectivity index is 2.62. The first kappa shape index (κ1) is 15.1. The molecule has 0 aliphatic rings. The van der Waals surface area contributed by atoms with Gasteiger partial charge in [-0.15, -0.1) is 0 Å². The van der Waals surface area contributed by atoms with Crippen LogP contribution in [0.25, 0.3) is 11.3 Å². The average Bonchev–Trinajstić information content (AvgIpc) is 2.83. The second kappa shape index (κ2) is 5.57. The highest BCUT2D eigenvalue weighted by Gasteiger charge is 2.42. The van der Waals surface area contributed by atoms with Gasteiger partial charge in [-0.05, 0) is 12.1 Å². The first-order chi connectivity index (χ1) is 9.34. The van der Waals surface area contributed by atoms with Gasteiger partial charge in [0, 0.05) is 10.6 Å². The number of hydrogen-bond donors (Lipinski definition) is 0. The number of rotatable bonds is 3. The van der Waals surface area contributed by atoms with Crippen molar-refractivity contribution in [2.45, 2.75) is 6.18 Å². The maximum atomic E-state index is 12.8. The lowest BCUT2D eigenvalue weighted by molar-refractivity contribution is -0.155. The lowest BCUT2D eigenvalue weighted by atomic mass is 10.0. The third kappa shape index (κ3) is 2.88. The fraction of sp³-hybridized carbons (Fsp3) is 0.167. The summed E-state index contributed by atoms with van der Waals surface area (Å²) in [7, 11) is 0. The molecule has 0 radical (unpaired) electrons. The molecule has 1 heterocycles. The zero-order valence-corrected chi connectivity index (χ0v) is 12.0. The van der Waals surface area contributed by atoms with Crippen molar-refractivity contribution >= 4 is 33.3 Å². The van der Waals surface area contributed by atoms with Crippen LogP contribution in [0.4, 0.5) is 13.2 Å². The number of alkyl halides is 4. The van der Waals surface area contributed by atoms with Crippen molar-refractivity contribution in [1.82, 2.24) is 5.16 Å². The molecule has 0 aliphatic heterocycles. The summed E-state index contributed by atoms with van der Waals surface area (Å²) in [5.74, 6) is -2.16. The van der Waals surface area contributed by atoms with Crippen LogP contribution in [0.2, 0.25) is 5.02 Å². The highest BCUT2D eigenvalue weighted by Crippen LogP contribution is 2.37. The van der Waals surface area contributed by atoms with Crippen molar-refractivity contribution in [3.63, 3.8) is 0 Å².